The summed E-state index contributed by atoms with van der Waals surface area (Å²) in [5.74, 6) is 0.936. The van der Waals surface area contributed by atoms with Crippen molar-refractivity contribution in [2.45, 2.75) is 37.1 Å². The van der Waals surface area contributed by atoms with E-state index in [-0.39, 0.29) is 10.4 Å². The second-order valence-electron chi connectivity index (χ2n) is 4.86. The van der Waals surface area contributed by atoms with Gasteiger partial charge in [-0.05, 0) is 43.9 Å². The number of aryl methyl sites for hydroxylation is 1. The number of methoxy groups -OCH3 is 1. The summed E-state index contributed by atoms with van der Waals surface area (Å²) >= 11 is 3.78. The fourth-order valence-corrected chi connectivity index (χ4v) is 3.06. The zero-order valence-electron chi connectivity index (χ0n) is 10.6. The third-order valence-electron chi connectivity index (χ3n) is 3.50. The molecule has 0 radical (unpaired) electrons. The first-order chi connectivity index (χ1) is 8.07. The molecule has 0 spiro atoms. The Kier molecular flexibility index (Phi) is 3.79. The molecule has 2 atom stereocenters. The quantitative estimate of drug-likeness (QED) is 0.785. The van der Waals surface area contributed by atoms with Crippen LogP contribution in [0.2, 0.25) is 0 Å². The molecule has 0 N–H and O–H groups in total. The first-order valence-electron chi connectivity index (χ1n) is 5.99. The summed E-state index contributed by atoms with van der Waals surface area (Å²) in [5.41, 5.74) is 2.34. The maximum absolute atomic E-state index is 5.87. The molecule has 0 amide bonds. The molecule has 0 aromatic heterocycles. The number of ether oxygens (including phenoxy) is 2. The second-order valence-corrected chi connectivity index (χ2v) is 5.77. The fourth-order valence-electron chi connectivity index (χ4n) is 2.41. The predicted octanol–water partition coefficient (Wildman–Crippen LogP) is 4.01. The van der Waals surface area contributed by atoms with E-state index in [1.165, 1.54) is 5.56 Å². The van der Waals surface area contributed by atoms with E-state index in [9.17, 15) is 0 Å². The van der Waals surface area contributed by atoms with Gasteiger partial charge in [0.2, 0.25) is 0 Å². The lowest BCUT2D eigenvalue weighted by atomic mass is 9.92. The topological polar surface area (TPSA) is 18.5 Å². The van der Waals surface area contributed by atoms with E-state index in [1.807, 2.05) is 6.07 Å². The third kappa shape index (κ3) is 2.50. The third-order valence-corrected chi connectivity index (χ3v) is 4.99. The largest absolute Gasteiger partial charge is 0.496 e. The fraction of sp³-hybridized carbons (Fsp3) is 0.571. The molecule has 0 aliphatic carbocycles. The van der Waals surface area contributed by atoms with Crippen LogP contribution in [-0.2, 0) is 4.74 Å². The van der Waals surface area contributed by atoms with Crippen molar-refractivity contribution in [3.8, 4) is 5.75 Å². The second kappa shape index (κ2) is 4.99. The highest BCUT2D eigenvalue weighted by Crippen LogP contribution is 2.43. The van der Waals surface area contributed by atoms with E-state index in [4.69, 9.17) is 9.47 Å². The Morgan fingerprint density at radius 2 is 2.24 bits per heavy atom. The van der Waals surface area contributed by atoms with Gasteiger partial charge in [-0.2, -0.15) is 0 Å². The first-order valence-corrected chi connectivity index (χ1v) is 6.91. The molecule has 0 bridgehead atoms. The Bertz CT molecular complexity index is 397. The van der Waals surface area contributed by atoms with Crippen molar-refractivity contribution in [1.29, 1.82) is 0 Å². The monoisotopic (exact) mass is 298 g/mol. The van der Waals surface area contributed by atoms with Crippen LogP contribution < -0.4 is 4.74 Å². The predicted molar refractivity (Wildman–Crippen MR) is 73.0 cm³/mol. The summed E-state index contributed by atoms with van der Waals surface area (Å²) < 4.78 is 11.2. The van der Waals surface area contributed by atoms with E-state index in [0.29, 0.717) is 0 Å². The van der Waals surface area contributed by atoms with Crippen molar-refractivity contribution >= 4 is 15.9 Å². The number of benzene rings is 1. The van der Waals surface area contributed by atoms with Gasteiger partial charge in [-0.3, -0.25) is 0 Å². The van der Waals surface area contributed by atoms with Crippen LogP contribution in [0.5, 0.6) is 5.75 Å². The van der Waals surface area contributed by atoms with Crippen molar-refractivity contribution in [3.63, 3.8) is 0 Å². The van der Waals surface area contributed by atoms with Crippen LogP contribution in [0, 0.1) is 6.92 Å². The minimum Gasteiger partial charge on any atom is -0.496 e. The molecule has 94 valence electrons. The average molecular weight is 299 g/mol. The zero-order chi connectivity index (χ0) is 12.5. The highest BCUT2D eigenvalue weighted by molar-refractivity contribution is 9.09. The van der Waals surface area contributed by atoms with Gasteiger partial charge in [0.15, 0.2) is 0 Å². The minimum absolute atomic E-state index is 0.0823. The van der Waals surface area contributed by atoms with E-state index >= 15 is 0 Å². The van der Waals surface area contributed by atoms with Crippen LogP contribution in [0.4, 0.5) is 0 Å². The van der Waals surface area contributed by atoms with Crippen LogP contribution >= 0.6 is 15.9 Å². The smallest absolute Gasteiger partial charge is 0.121 e. The standard InChI is InChI=1S/C14H19BrO2/c1-10-9-11(5-6-12(10)16-3)13(15)14(2)7-4-8-17-14/h5-6,9,13H,4,7-8H2,1-3H3. The SMILES string of the molecule is COc1ccc(C(Br)C2(C)CCCO2)cc1C. The highest BCUT2D eigenvalue weighted by atomic mass is 79.9. The lowest BCUT2D eigenvalue weighted by Gasteiger charge is -2.29. The van der Waals surface area contributed by atoms with Gasteiger partial charge in [-0.25, -0.2) is 0 Å². The minimum atomic E-state index is -0.0823. The van der Waals surface area contributed by atoms with Crippen LogP contribution in [0.3, 0.4) is 0 Å². The molecule has 1 fully saturated rings. The molecule has 1 aromatic carbocycles. The van der Waals surface area contributed by atoms with Gasteiger partial charge in [0.1, 0.15) is 5.75 Å². The average Bonchev–Trinajstić information content (AvgIpc) is 2.76. The molecule has 1 aliphatic heterocycles. The molecule has 1 heterocycles. The molecule has 1 aromatic rings. The molecule has 2 unspecified atom stereocenters. The lowest BCUT2D eigenvalue weighted by Crippen LogP contribution is -2.28. The molecule has 1 saturated heterocycles. The summed E-state index contributed by atoms with van der Waals surface area (Å²) in [6.07, 6.45) is 2.25. The van der Waals surface area contributed by atoms with Crippen molar-refractivity contribution in [2.24, 2.45) is 0 Å². The molecular weight excluding hydrogens is 280 g/mol. The van der Waals surface area contributed by atoms with Crippen LogP contribution in [-0.4, -0.2) is 19.3 Å². The Morgan fingerprint density at radius 1 is 1.47 bits per heavy atom. The van der Waals surface area contributed by atoms with Crippen LogP contribution in [0.15, 0.2) is 18.2 Å². The lowest BCUT2D eigenvalue weighted by molar-refractivity contribution is 0.0197. The summed E-state index contributed by atoms with van der Waals surface area (Å²) in [7, 11) is 1.70. The molecular formula is C14H19BrO2. The summed E-state index contributed by atoms with van der Waals surface area (Å²) in [5, 5.41) is 0. The van der Waals surface area contributed by atoms with Crippen molar-refractivity contribution in [3.05, 3.63) is 29.3 Å². The summed E-state index contributed by atoms with van der Waals surface area (Å²) in [4.78, 5) is 0.238. The molecule has 2 rings (SSSR count). The number of hydrogen-bond donors (Lipinski definition) is 0. The number of halogens is 1. The molecule has 3 heteroatoms. The first kappa shape index (κ1) is 12.9. The number of hydrogen-bond acceptors (Lipinski definition) is 2. The van der Waals surface area contributed by atoms with Gasteiger partial charge in [-0.1, -0.05) is 28.1 Å². The van der Waals surface area contributed by atoms with Crippen LogP contribution in [0.1, 0.15) is 35.7 Å². The molecule has 1 aliphatic rings. The summed E-state index contributed by atoms with van der Waals surface area (Å²) in [6.45, 7) is 5.12. The Labute approximate surface area is 111 Å². The van der Waals surface area contributed by atoms with Gasteiger partial charge in [0.25, 0.3) is 0 Å². The van der Waals surface area contributed by atoms with Gasteiger partial charge in [-0.15, -0.1) is 0 Å². The number of alkyl halides is 1. The summed E-state index contributed by atoms with van der Waals surface area (Å²) in [6, 6.07) is 6.31. The van der Waals surface area contributed by atoms with E-state index in [2.05, 4.69) is 41.9 Å². The Hall–Kier alpha value is -0.540. The van der Waals surface area contributed by atoms with Crippen molar-refractivity contribution < 1.29 is 9.47 Å². The molecule has 17 heavy (non-hydrogen) atoms. The maximum atomic E-state index is 5.87. The highest BCUT2D eigenvalue weighted by Gasteiger charge is 2.37. The molecule has 0 saturated carbocycles. The van der Waals surface area contributed by atoms with E-state index < -0.39 is 0 Å². The zero-order valence-corrected chi connectivity index (χ0v) is 12.2. The van der Waals surface area contributed by atoms with Crippen LogP contribution in [0.25, 0.3) is 0 Å². The maximum Gasteiger partial charge on any atom is 0.121 e. The number of rotatable bonds is 3. The van der Waals surface area contributed by atoms with Gasteiger partial charge in [0.05, 0.1) is 17.5 Å². The van der Waals surface area contributed by atoms with Gasteiger partial charge < -0.3 is 9.47 Å². The van der Waals surface area contributed by atoms with Gasteiger partial charge >= 0.3 is 0 Å². The normalized spacial score (nSPS) is 25.9. The van der Waals surface area contributed by atoms with Crippen molar-refractivity contribution in [2.75, 3.05) is 13.7 Å². The van der Waals surface area contributed by atoms with Gasteiger partial charge in [0, 0.05) is 6.61 Å². The van der Waals surface area contributed by atoms with E-state index in [1.54, 1.807) is 7.11 Å². The van der Waals surface area contributed by atoms with Crippen molar-refractivity contribution in [1.82, 2.24) is 0 Å². The molecule has 2 nitrogen and oxygen atoms in total. The Balaban J connectivity index is 2.25. The van der Waals surface area contributed by atoms with E-state index in [0.717, 1.165) is 30.8 Å². The Morgan fingerprint density at radius 3 is 2.76 bits per heavy atom.